The first-order valence-electron chi connectivity index (χ1n) is 8.18. The van der Waals surface area contributed by atoms with Crippen molar-refractivity contribution in [3.05, 3.63) is 52.6 Å². The Bertz CT molecular complexity index is 831. The van der Waals surface area contributed by atoms with E-state index >= 15 is 0 Å². The van der Waals surface area contributed by atoms with Crippen molar-refractivity contribution < 1.29 is 19.2 Å². The lowest BCUT2D eigenvalue weighted by Gasteiger charge is -2.24. The molecule has 0 spiro atoms. The summed E-state index contributed by atoms with van der Waals surface area (Å²) >= 11 is 1.61. The first kappa shape index (κ1) is 20.6. The van der Waals surface area contributed by atoms with Gasteiger partial charge < -0.3 is 9.47 Å². The fraction of sp³-hybridized carbons (Fsp3) is 0.316. The molecule has 0 aromatic heterocycles. The number of anilines is 1. The monoisotopic (exact) mass is 390 g/mol. The van der Waals surface area contributed by atoms with Crippen LogP contribution in [0.2, 0.25) is 0 Å². The van der Waals surface area contributed by atoms with Crippen LogP contribution in [-0.4, -0.2) is 29.9 Å². The smallest absolute Gasteiger partial charge is 0.414 e. The molecule has 0 radical (unpaired) electrons. The number of hydrogen-bond acceptors (Lipinski definition) is 6. The highest BCUT2D eigenvalue weighted by Crippen LogP contribution is 2.34. The number of carbonyl (C=O) groups is 1. The Balaban J connectivity index is 2.32. The molecule has 0 saturated carbocycles. The second kappa shape index (κ2) is 8.30. The topological polar surface area (TPSA) is 81.9 Å². The van der Waals surface area contributed by atoms with Crippen molar-refractivity contribution in [2.24, 2.45) is 0 Å². The minimum atomic E-state index is -0.715. The molecule has 27 heavy (non-hydrogen) atoms. The average molecular weight is 390 g/mol. The van der Waals surface area contributed by atoms with Gasteiger partial charge in [0.2, 0.25) is 0 Å². The fourth-order valence-electron chi connectivity index (χ4n) is 2.20. The van der Waals surface area contributed by atoms with Crippen molar-refractivity contribution in [1.82, 2.24) is 0 Å². The molecule has 0 aliphatic rings. The quantitative estimate of drug-likeness (QED) is 0.382. The van der Waals surface area contributed by atoms with Crippen LogP contribution < -0.4 is 9.64 Å². The molecular formula is C19H22N2O5S. The lowest BCUT2D eigenvalue weighted by Crippen LogP contribution is -2.34. The van der Waals surface area contributed by atoms with Crippen molar-refractivity contribution in [1.29, 1.82) is 0 Å². The van der Waals surface area contributed by atoms with Crippen LogP contribution in [0.3, 0.4) is 0 Å². The second-order valence-corrected chi connectivity index (χ2v) is 7.60. The summed E-state index contributed by atoms with van der Waals surface area (Å²) in [5, 5.41) is 11.4. The van der Waals surface area contributed by atoms with E-state index in [0.717, 1.165) is 9.80 Å². The van der Waals surface area contributed by atoms with Crippen LogP contribution in [0.25, 0.3) is 0 Å². The summed E-state index contributed by atoms with van der Waals surface area (Å²) in [6.07, 6.45) is 1.29. The molecule has 8 heteroatoms. The van der Waals surface area contributed by atoms with E-state index in [1.165, 1.54) is 25.2 Å². The zero-order chi connectivity index (χ0) is 20.2. The third-order valence-electron chi connectivity index (χ3n) is 3.47. The number of amides is 1. The van der Waals surface area contributed by atoms with Crippen molar-refractivity contribution in [3.8, 4) is 11.5 Å². The molecule has 0 unspecified atom stereocenters. The number of nitro benzene ring substituents is 1. The number of hydrogen-bond donors (Lipinski definition) is 0. The molecule has 2 aromatic rings. The van der Waals surface area contributed by atoms with Gasteiger partial charge in [0, 0.05) is 24.1 Å². The van der Waals surface area contributed by atoms with Crippen LogP contribution >= 0.6 is 11.8 Å². The maximum Gasteiger partial charge on any atom is 0.414 e. The van der Waals surface area contributed by atoms with Gasteiger partial charge in [-0.25, -0.2) is 4.79 Å². The summed E-state index contributed by atoms with van der Waals surface area (Å²) in [4.78, 5) is 25.3. The molecule has 144 valence electrons. The summed E-state index contributed by atoms with van der Waals surface area (Å²) in [7, 11) is 1.42. The first-order valence-corrected chi connectivity index (χ1v) is 9.40. The Labute approximate surface area is 162 Å². The molecule has 0 bridgehead atoms. The molecule has 0 N–H and O–H groups in total. The average Bonchev–Trinajstić information content (AvgIpc) is 2.60. The molecule has 0 fully saturated rings. The van der Waals surface area contributed by atoms with Gasteiger partial charge in [0.15, 0.2) is 0 Å². The van der Waals surface area contributed by atoms with Crippen LogP contribution in [0.1, 0.15) is 20.8 Å². The highest BCUT2D eigenvalue weighted by Gasteiger charge is 2.26. The number of nitro groups is 1. The third-order valence-corrected chi connectivity index (χ3v) is 4.21. The summed E-state index contributed by atoms with van der Waals surface area (Å²) in [5.74, 6) is 0.968. The molecule has 0 atom stereocenters. The second-order valence-electron chi connectivity index (χ2n) is 6.72. The van der Waals surface area contributed by atoms with Crippen LogP contribution in [0.5, 0.6) is 11.5 Å². The van der Waals surface area contributed by atoms with E-state index in [9.17, 15) is 14.9 Å². The lowest BCUT2D eigenvalue weighted by atomic mass is 10.2. The zero-order valence-corrected chi connectivity index (χ0v) is 16.7. The van der Waals surface area contributed by atoms with E-state index in [1.54, 1.807) is 32.5 Å². The van der Waals surface area contributed by atoms with E-state index in [2.05, 4.69) is 0 Å². The number of carbonyl (C=O) groups excluding carboxylic acids is 1. The third kappa shape index (κ3) is 5.62. The fourth-order valence-corrected chi connectivity index (χ4v) is 2.61. The molecule has 0 heterocycles. The molecule has 0 saturated heterocycles. The van der Waals surface area contributed by atoms with E-state index in [0.29, 0.717) is 11.5 Å². The van der Waals surface area contributed by atoms with Crippen LogP contribution in [-0.2, 0) is 4.74 Å². The number of nitrogens with zero attached hydrogens (tertiary/aromatic N) is 2. The summed E-state index contributed by atoms with van der Waals surface area (Å²) < 4.78 is 11.1. The number of thioether (sulfide) groups is 1. The highest BCUT2D eigenvalue weighted by molar-refractivity contribution is 7.98. The van der Waals surface area contributed by atoms with Gasteiger partial charge in [0.1, 0.15) is 22.8 Å². The molecule has 0 aliphatic heterocycles. The van der Waals surface area contributed by atoms with Crippen LogP contribution in [0.15, 0.2) is 47.4 Å². The van der Waals surface area contributed by atoms with E-state index < -0.39 is 16.6 Å². The van der Waals surface area contributed by atoms with Gasteiger partial charge in [-0.15, -0.1) is 11.8 Å². The van der Waals surface area contributed by atoms with Crippen molar-refractivity contribution >= 4 is 29.2 Å². The van der Waals surface area contributed by atoms with Gasteiger partial charge in [-0.3, -0.25) is 15.0 Å². The molecule has 0 aliphatic carbocycles. The predicted molar refractivity (Wildman–Crippen MR) is 106 cm³/mol. The lowest BCUT2D eigenvalue weighted by molar-refractivity contribution is -0.384. The first-order chi connectivity index (χ1) is 12.6. The molecule has 7 nitrogen and oxygen atoms in total. The molecule has 2 aromatic carbocycles. The Morgan fingerprint density at radius 2 is 1.70 bits per heavy atom. The van der Waals surface area contributed by atoms with E-state index in [1.807, 2.05) is 30.5 Å². The van der Waals surface area contributed by atoms with Crippen molar-refractivity contribution in [2.75, 3.05) is 18.2 Å². The number of benzene rings is 2. The summed E-state index contributed by atoms with van der Waals surface area (Å²) in [6.45, 7) is 5.18. The van der Waals surface area contributed by atoms with Gasteiger partial charge in [-0.1, -0.05) is 0 Å². The predicted octanol–water partition coefficient (Wildman–Crippen LogP) is 5.48. The maximum absolute atomic E-state index is 12.3. The largest absolute Gasteiger partial charge is 0.457 e. The van der Waals surface area contributed by atoms with E-state index in [4.69, 9.17) is 9.47 Å². The number of ether oxygens (including phenoxy) is 2. The Morgan fingerprint density at radius 1 is 1.11 bits per heavy atom. The van der Waals surface area contributed by atoms with E-state index in [-0.39, 0.29) is 11.4 Å². The molecule has 2 rings (SSSR count). The van der Waals surface area contributed by atoms with Gasteiger partial charge in [-0.2, -0.15) is 0 Å². The molecule has 1 amide bonds. The summed E-state index contributed by atoms with van der Waals surface area (Å²) in [6, 6.07) is 11.7. The van der Waals surface area contributed by atoms with Gasteiger partial charge >= 0.3 is 6.09 Å². The standard InChI is InChI=1S/C19H22N2O5S/c1-19(2,3)26-18(22)20(4)17-12-14(8-11-16(17)21(23)24)25-13-6-9-15(27-5)10-7-13/h6-12H,1-5H3. The van der Waals surface area contributed by atoms with Gasteiger partial charge in [0.25, 0.3) is 5.69 Å². The Kier molecular flexibility index (Phi) is 6.32. The van der Waals surface area contributed by atoms with Crippen molar-refractivity contribution in [2.45, 2.75) is 31.3 Å². The normalized spacial score (nSPS) is 11.0. The minimum absolute atomic E-state index is 0.0903. The van der Waals surface area contributed by atoms with Gasteiger partial charge in [0.05, 0.1) is 4.92 Å². The van der Waals surface area contributed by atoms with Crippen LogP contribution in [0.4, 0.5) is 16.2 Å². The molecular weight excluding hydrogens is 368 g/mol. The highest BCUT2D eigenvalue weighted by atomic mass is 32.2. The SMILES string of the molecule is CSc1ccc(Oc2ccc([N+](=O)[O-])c(N(C)C(=O)OC(C)(C)C)c2)cc1. The van der Waals surface area contributed by atoms with Gasteiger partial charge in [-0.05, 0) is 57.4 Å². The minimum Gasteiger partial charge on any atom is -0.457 e. The summed E-state index contributed by atoms with van der Waals surface area (Å²) in [5.41, 5.74) is -0.839. The Morgan fingerprint density at radius 3 is 2.22 bits per heavy atom. The number of rotatable bonds is 5. The zero-order valence-electron chi connectivity index (χ0n) is 15.9. The van der Waals surface area contributed by atoms with Crippen LogP contribution in [0, 0.1) is 10.1 Å². The maximum atomic E-state index is 12.3. The van der Waals surface area contributed by atoms with Crippen molar-refractivity contribution in [3.63, 3.8) is 0 Å². The Hall–Kier alpha value is -2.74.